The molecule has 3 rings (SSSR count). The zero-order chi connectivity index (χ0) is 21.7. The molecule has 2 N–H and O–H groups in total. The Hall–Kier alpha value is -4.00. The van der Waals surface area contributed by atoms with E-state index in [2.05, 4.69) is 25.2 Å². The van der Waals surface area contributed by atoms with Gasteiger partial charge in [-0.05, 0) is 42.8 Å². The minimum atomic E-state index is -3.11. The van der Waals surface area contributed by atoms with Gasteiger partial charge in [0.05, 0.1) is 36.4 Å². The van der Waals surface area contributed by atoms with E-state index in [0.29, 0.717) is 23.0 Å². The van der Waals surface area contributed by atoms with Gasteiger partial charge in [-0.1, -0.05) is 6.07 Å². The maximum atomic E-state index is 12.6. The van der Waals surface area contributed by atoms with Crippen molar-refractivity contribution in [3.05, 3.63) is 58.9 Å². The van der Waals surface area contributed by atoms with Crippen LogP contribution in [0.4, 0.5) is 8.78 Å². The number of hydrogen-bond donors (Lipinski definition) is 2. The lowest BCUT2D eigenvalue weighted by molar-refractivity contribution is -0.0501. The summed E-state index contributed by atoms with van der Waals surface area (Å²) in [6.45, 7) is -1.23. The highest BCUT2D eigenvalue weighted by molar-refractivity contribution is 5.97. The third-order valence-electron chi connectivity index (χ3n) is 4.12. The van der Waals surface area contributed by atoms with Crippen LogP contribution >= 0.6 is 0 Å². The number of hydrogen-bond acceptors (Lipinski definition) is 6. The van der Waals surface area contributed by atoms with Crippen LogP contribution in [0.3, 0.4) is 0 Å². The molecule has 2 aromatic carbocycles. The zero-order valence-electron chi connectivity index (χ0n) is 16.1. The van der Waals surface area contributed by atoms with Gasteiger partial charge in [0.2, 0.25) is 0 Å². The van der Waals surface area contributed by atoms with Crippen molar-refractivity contribution in [2.75, 3.05) is 7.11 Å². The summed E-state index contributed by atoms with van der Waals surface area (Å²) in [5.41, 5.74) is 1.63. The molecule has 0 fully saturated rings. The van der Waals surface area contributed by atoms with Crippen molar-refractivity contribution in [1.29, 1.82) is 5.26 Å². The Balaban J connectivity index is 1.76. The van der Waals surface area contributed by atoms with Gasteiger partial charge in [0.15, 0.2) is 5.82 Å². The summed E-state index contributed by atoms with van der Waals surface area (Å²) in [5, 5.41) is 18.4. The maximum Gasteiger partial charge on any atom is 0.387 e. The predicted octanol–water partition coefficient (Wildman–Crippen LogP) is 3.19. The second-order valence-electron chi connectivity index (χ2n) is 6.19. The van der Waals surface area contributed by atoms with Crippen LogP contribution in [0.1, 0.15) is 27.3 Å². The number of nitrogens with zero attached hydrogens (tertiary/aromatic N) is 3. The lowest BCUT2D eigenvalue weighted by atomic mass is 10.1. The van der Waals surface area contributed by atoms with Crippen LogP contribution in [0.5, 0.6) is 11.5 Å². The number of aromatic amines is 1. The first-order valence-electron chi connectivity index (χ1n) is 8.74. The molecule has 1 amide bonds. The Labute approximate surface area is 170 Å². The van der Waals surface area contributed by atoms with Crippen LogP contribution in [-0.4, -0.2) is 34.8 Å². The molecule has 0 aliphatic rings. The number of carbonyl (C=O) groups is 1. The van der Waals surface area contributed by atoms with Gasteiger partial charge in [-0.25, -0.2) is 4.98 Å². The minimum absolute atomic E-state index is 0.0507. The second kappa shape index (κ2) is 9.00. The Kier molecular flexibility index (Phi) is 6.22. The first-order chi connectivity index (χ1) is 14.4. The van der Waals surface area contributed by atoms with Gasteiger partial charge in [-0.15, -0.1) is 0 Å². The van der Waals surface area contributed by atoms with Gasteiger partial charge in [-0.3, -0.25) is 9.89 Å². The summed E-state index contributed by atoms with van der Waals surface area (Å²) in [7, 11) is 1.54. The molecule has 0 spiro atoms. The summed E-state index contributed by atoms with van der Waals surface area (Å²) in [6, 6.07) is 11.0. The monoisotopic (exact) mass is 413 g/mol. The fraction of sp³-hybridized carbons (Fsp3) is 0.200. The van der Waals surface area contributed by atoms with Crippen LogP contribution in [0, 0.1) is 18.3 Å². The number of carbonyl (C=O) groups excluding carboxylic acids is 1. The van der Waals surface area contributed by atoms with E-state index in [1.165, 1.54) is 12.1 Å². The molecule has 0 saturated carbocycles. The van der Waals surface area contributed by atoms with Gasteiger partial charge in [-0.2, -0.15) is 19.1 Å². The normalized spacial score (nSPS) is 10.5. The number of aromatic nitrogens is 3. The van der Waals surface area contributed by atoms with E-state index >= 15 is 0 Å². The fourth-order valence-corrected chi connectivity index (χ4v) is 2.71. The lowest BCUT2D eigenvalue weighted by Gasteiger charge is -2.10. The third-order valence-corrected chi connectivity index (χ3v) is 4.12. The van der Waals surface area contributed by atoms with E-state index in [0.717, 1.165) is 11.6 Å². The van der Waals surface area contributed by atoms with Crippen molar-refractivity contribution in [2.45, 2.75) is 20.1 Å². The smallest absolute Gasteiger partial charge is 0.387 e. The summed E-state index contributed by atoms with van der Waals surface area (Å²) in [4.78, 5) is 16.8. The van der Waals surface area contributed by atoms with Gasteiger partial charge in [0, 0.05) is 0 Å². The van der Waals surface area contributed by atoms with E-state index in [-0.39, 0.29) is 23.4 Å². The summed E-state index contributed by atoms with van der Waals surface area (Å²) < 4.78 is 34.9. The van der Waals surface area contributed by atoms with Crippen LogP contribution in [0.25, 0.3) is 11.4 Å². The molecule has 8 nitrogen and oxygen atoms in total. The molecule has 0 aliphatic heterocycles. The minimum Gasteiger partial charge on any atom is -0.496 e. The SMILES string of the molecule is COc1cc(C)ccc1-c1n[nH]c(CNC(=O)c2cc(C#N)ccc2OC(F)F)n1. The summed E-state index contributed by atoms with van der Waals surface area (Å²) in [6.07, 6.45) is 0. The van der Waals surface area contributed by atoms with Crippen molar-refractivity contribution < 1.29 is 23.0 Å². The molecule has 10 heteroatoms. The molecule has 1 aromatic heterocycles. The van der Waals surface area contributed by atoms with Crippen LogP contribution in [0.2, 0.25) is 0 Å². The van der Waals surface area contributed by atoms with Crippen molar-refractivity contribution in [2.24, 2.45) is 0 Å². The molecule has 154 valence electrons. The first kappa shape index (κ1) is 20.7. The molecule has 0 saturated heterocycles. The van der Waals surface area contributed by atoms with Crippen molar-refractivity contribution in [1.82, 2.24) is 20.5 Å². The van der Waals surface area contributed by atoms with Crippen molar-refractivity contribution in [3.63, 3.8) is 0 Å². The standard InChI is InChI=1S/C20H17F2N5O3/c1-11-3-5-13(16(7-11)29-2)18-25-17(26-27-18)10-24-19(28)14-8-12(9-23)4-6-15(14)30-20(21)22/h3-8,20H,10H2,1-2H3,(H,24,28)(H,25,26,27). The molecule has 0 radical (unpaired) electrons. The third kappa shape index (κ3) is 4.70. The number of halogens is 2. The quantitative estimate of drug-likeness (QED) is 0.615. The maximum absolute atomic E-state index is 12.6. The number of nitriles is 1. The van der Waals surface area contributed by atoms with Gasteiger partial charge >= 0.3 is 6.61 Å². The first-order valence-corrected chi connectivity index (χ1v) is 8.74. The molecule has 0 atom stereocenters. The highest BCUT2D eigenvalue weighted by Crippen LogP contribution is 2.28. The van der Waals surface area contributed by atoms with E-state index in [1.807, 2.05) is 31.2 Å². The highest BCUT2D eigenvalue weighted by atomic mass is 19.3. The highest BCUT2D eigenvalue weighted by Gasteiger charge is 2.18. The zero-order valence-corrected chi connectivity index (χ0v) is 16.1. The average molecular weight is 413 g/mol. The number of amides is 1. The second-order valence-corrected chi connectivity index (χ2v) is 6.19. The van der Waals surface area contributed by atoms with E-state index in [4.69, 9.17) is 10.00 Å². The molecular weight excluding hydrogens is 396 g/mol. The number of H-pyrrole nitrogens is 1. The molecule has 0 unspecified atom stereocenters. The molecule has 0 aliphatic carbocycles. The molecule has 0 bridgehead atoms. The van der Waals surface area contributed by atoms with Crippen LogP contribution < -0.4 is 14.8 Å². The molecular formula is C20H17F2N5O3. The van der Waals surface area contributed by atoms with E-state index in [1.54, 1.807) is 7.11 Å². The topological polar surface area (TPSA) is 113 Å². The van der Waals surface area contributed by atoms with Gasteiger partial charge in [0.1, 0.15) is 17.3 Å². The van der Waals surface area contributed by atoms with E-state index in [9.17, 15) is 13.6 Å². The van der Waals surface area contributed by atoms with E-state index < -0.39 is 12.5 Å². The largest absolute Gasteiger partial charge is 0.496 e. The lowest BCUT2D eigenvalue weighted by Crippen LogP contribution is -2.24. The van der Waals surface area contributed by atoms with Crippen molar-refractivity contribution >= 4 is 5.91 Å². The number of methoxy groups -OCH3 is 1. The Morgan fingerprint density at radius 2 is 2.07 bits per heavy atom. The van der Waals surface area contributed by atoms with Crippen LogP contribution in [0.15, 0.2) is 36.4 Å². The van der Waals surface area contributed by atoms with Gasteiger partial charge in [0.25, 0.3) is 5.91 Å². The van der Waals surface area contributed by atoms with Crippen molar-refractivity contribution in [3.8, 4) is 29.0 Å². The number of alkyl halides is 2. The molecule has 3 aromatic rings. The summed E-state index contributed by atoms with van der Waals surface area (Å²) >= 11 is 0. The molecule has 30 heavy (non-hydrogen) atoms. The Morgan fingerprint density at radius 1 is 1.27 bits per heavy atom. The molecule has 1 heterocycles. The number of rotatable bonds is 7. The Bertz CT molecular complexity index is 1110. The number of aryl methyl sites for hydroxylation is 1. The summed E-state index contributed by atoms with van der Waals surface area (Å²) in [5.74, 6) is 0.294. The number of benzene rings is 2. The Morgan fingerprint density at radius 3 is 2.77 bits per heavy atom. The number of ether oxygens (including phenoxy) is 2. The number of nitrogens with one attached hydrogen (secondary N) is 2. The average Bonchev–Trinajstić information content (AvgIpc) is 3.20. The predicted molar refractivity (Wildman–Crippen MR) is 102 cm³/mol. The fourth-order valence-electron chi connectivity index (χ4n) is 2.71. The van der Waals surface area contributed by atoms with Gasteiger partial charge < -0.3 is 14.8 Å². The van der Waals surface area contributed by atoms with Crippen LogP contribution in [-0.2, 0) is 6.54 Å².